The molecule has 2 heterocycles. The Morgan fingerprint density at radius 2 is 2.00 bits per heavy atom. The molecule has 2 rings (SSSR count). The summed E-state index contributed by atoms with van der Waals surface area (Å²) in [4.78, 5) is 11.7. The zero-order chi connectivity index (χ0) is 15.4. The van der Waals surface area contributed by atoms with E-state index in [1.54, 1.807) is 0 Å². The Bertz CT molecular complexity index is 472. The van der Waals surface area contributed by atoms with Crippen molar-refractivity contribution < 1.29 is 0 Å². The molecule has 5 heteroatoms. The van der Waals surface area contributed by atoms with Crippen molar-refractivity contribution in [3.63, 3.8) is 0 Å². The van der Waals surface area contributed by atoms with E-state index in [9.17, 15) is 0 Å². The normalized spacial score (nSPS) is 19.8. The van der Waals surface area contributed by atoms with Crippen molar-refractivity contribution >= 4 is 11.6 Å². The van der Waals surface area contributed by atoms with Crippen LogP contribution in [0.4, 0.5) is 11.6 Å². The number of hydrogen-bond acceptors (Lipinski definition) is 5. The Kier molecular flexibility index (Phi) is 5.39. The number of hydrogen-bond donors (Lipinski definition) is 2. The second-order valence-electron chi connectivity index (χ2n) is 6.46. The van der Waals surface area contributed by atoms with Crippen LogP contribution in [0.5, 0.6) is 0 Å². The highest BCUT2D eigenvalue weighted by atomic mass is 15.1. The molecule has 118 valence electrons. The molecular weight excluding hydrogens is 262 g/mol. The molecule has 21 heavy (non-hydrogen) atoms. The SMILES string of the molecule is CNc1nc(C(C)C)nc(NCC2CCCN(C)C2)c1C. The Morgan fingerprint density at radius 1 is 1.29 bits per heavy atom. The fraction of sp³-hybridized carbons (Fsp3) is 0.750. The molecule has 0 amide bonds. The van der Waals surface area contributed by atoms with Gasteiger partial charge in [0, 0.05) is 31.6 Å². The summed E-state index contributed by atoms with van der Waals surface area (Å²) in [6.45, 7) is 9.72. The number of nitrogens with one attached hydrogen (secondary N) is 2. The minimum absolute atomic E-state index is 0.332. The molecule has 1 aliphatic rings. The van der Waals surface area contributed by atoms with Crippen LogP contribution in [0, 0.1) is 12.8 Å². The van der Waals surface area contributed by atoms with Gasteiger partial charge in [-0.3, -0.25) is 0 Å². The fourth-order valence-electron chi connectivity index (χ4n) is 2.89. The first-order chi connectivity index (χ1) is 10.0. The summed E-state index contributed by atoms with van der Waals surface area (Å²) in [7, 11) is 4.12. The predicted molar refractivity (Wildman–Crippen MR) is 89.1 cm³/mol. The third kappa shape index (κ3) is 4.06. The number of piperidine rings is 1. The molecule has 1 aliphatic heterocycles. The standard InChI is InChI=1S/C16H29N5/c1-11(2)14-19-15(17-4)12(3)16(20-14)18-9-13-7-6-8-21(5)10-13/h11,13H,6-10H2,1-5H3,(H2,17,18,19,20). The summed E-state index contributed by atoms with van der Waals surface area (Å²) in [5, 5.41) is 6.73. The Balaban J connectivity index is 2.09. The molecule has 0 radical (unpaired) electrons. The van der Waals surface area contributed by atoms with Crippen molar-refractivity contribution in [3.8, 4) is 0 Å². The van der Waals surface area contributed by atoms with Gasteiger partial charge in [0.2, 0.25) is 0 Å². The summed E-state index contributed by atoms with van der Waals surface area (Å²) in [5.41, 5.74) is 1.10. The van der Waals surface area contributed by atoms with Gasteiger partial charge in [0.25, 0.3) is 0 Å². The molecular formula is C16H29N5. The van der Waals surface area contributed by atoms with Crippen LogP contribution in [0.2, 0.25) is 0 Å². The average molecular weight is 291 g/mol. The highest BCUT2D eigenvalue weighted by Gasteiger charge is 2.18. The molecule has 0 bridgehead atoms. The quantitative estimate of drug-likeness (QED) is 0.873. The number of aromatic nitrogens is 2. The lowest BCUT2D eigenvalue weighted by atomic mass is 9.98. The maximum Gasteiger partial charge on any atom is 0.135 e. The Labute approximate surface area is 128 Å². The van der Waals surface area contributed by atoms with Gasteiger partial charge < -0.3 is 15.5 Å². The van der Waals surface area contributed by atoms with E-state index in [1.807, 2.05) is 7.05 Å². The van der Waals surface area contributed by atoms with Crippen LogP contribution in [0.1, 0.15) is 44.0 Å². The third-order valence-electron chi connectivity index (χ3n) is 4.20. The van der Waals surface area contributed by atoms with Gasteiger partial charge in [-0.25, -0.2) is 9.97 Å². The van der Waals surface area contributed by atoms with Gasteiger partial charge in [-0.15, -0.1) is 0 Å². The van der Waals surface area contributed by atoms with Gasteiger partial charge in [0.15, 0.2) is 0 Å². The van der Waals surface area contributed by atoms with Gasteiger partial charge in [0.05, 0.1) is 0 Å². The van der Waals surface area contributed by atoms with E-state index in [0.29, 0.717) is 11.8 Å². The first-order valence-corrected chi connectivity index (χ1v) is 8.00. The maximum atomic E-state index is 4.71. The molecule has 0 aromatic carbocycles. The zero-order valence-electron chi connectivity index (χ0n) is 14.0. The van der Waals surface area contributed by atoms with Crippen LogP contribution < -0.4 is 10.6 Å². The molecule has 1 aromatic heterocycles. The molecule has 2 N–H and O–H groups in total. The van der Waals surface area contributed by atoms with Gasteiger partial charge in [-0.1, -0.05) is 13.8 Å². The van der Waals surface area contributed by atoms with E-state index in [4.69, 9.17) is 4.98 Å². The van der Waals surface area contributed by atoms with Crippen LogP contribution in [-0.4, -0.2) is 48.6 Å². The number of nitrogens with zero attached hydrogens (tertiary/aromatic N) is 3. The summed E-state index contributed by atoms with van der Waals surface area (Å²) >= 11 is 0. The van der Waals surface area contributed by atoms with Crippen molar-refractivity contribution in [2.45, 2.75) is 39.5 Å². The van der Waals surface area contributed by atoms with Crippen molar-refractivity contribution in [3.05, 3.63) is 11.4 Å². The first kappa shape index (κ1) is 16.0. The molecule has 1 unspecified atom stereocenters. The van der Waals surface area contributed by atoms with Crippen molar-refractivity contribution in [1.82, 2.24) is 14.9 Å². The highest BCUT2D eigenvalue weighted by Crippen LogP contribution is 2.24. The smallest absolute Gasteiger partial charge is 0.135 e. The van der Waals surface area contributed by atoms with Crippen LogP contribution in [0.3, 0.4) is 0 Å². The van der Waals surface area contributed by atoms with Gasteiger partial charge in [-0.2, -0.15) is 0 Å². The van der Waals surface area contributed by atoms with E-state index >= 15 is 0 Å². The van der Waals surface area contributed by atoms with Crippen molar-refractivity contribution in [2.75, 3.05) is 44.4 Å². The Morgan fingerprint density at radius 3 is 2.62 bits per heavy atom. The van der Waals surface area contributed by atoms with Crippen molar-refractivity contribution in [2.24, 2.45) is 5.92 Å². The molecule has 5 nitrogen and oxygen atoms in total. The second-order valence-corrected chi connectivity index (χ2v) is 6.46. The van der Waals surface area contributed by atoms with E-state index in [1.165, 1.54) is 25.9 Å². The highest BCUT2D eigenvalue weighted by molar-refractivity contribution is 5.57. The number of likely N-dealkylation sites (tertiary alicyclic amines) is 1. The zero-order valence-corrected chi connectivity index (χ0v) is 14.0. The monoisotopic (exact) mass is 291 g/mol. The Hall–Kier alpha value is -1.36. The summed E-state index contributed by atoms with van der Waals surface area (Å²) in [5.74, 6) is 3.84. The second kappa shape index (κ2) is 7.07. The topological polar surface area (TPSA) is 53.1 Å². The van der Waals surface area contributed by atoms with E-state index in [-0.39, 0.29) is 0 Å². The summed E-state index contributed by atoms with van der Waals surface area (Å²) in [6.07, 6.45) is 2.60. The van der Waals surface area contributed by atoms with Crippen LogP contribution >= 0.6 is 0 Å². The largest absolute Gasteiger partial charge is 0.373 e. The minimum Gasteiger partial charge on any atom is -0.373 e. The molecule has 0 saturated carbocycles. The molecule has 1 fully saturated rings. The lowest BCUT2D eigenvalue weighted by Crippen LogP contribution is -2.35. The molecule has 0 aliphatic carbocycles. The van der Waals surface area contributed by atoms with Crippen LogP contribution in [0.25, 0.3) is 0 Å². The van der Waals surface area contributed by atoms with Gasteiger partial charge in [-0.05, 0) is 39.3 Å². The molecule has 1 atom stereocenters. The van der Waals surface area contributed by atoms with Gasteiger partial charge >= 0.3 is 0 Å². The van der Waals surface area contributed by atoms with E-state index in [0.717, 1.165) is 29.6 Å². The van der Waals surface area contributed by atoms with Crippen LogP contribution in [0.15, 0.2) is 0 Å². The summed E-state index contributed by atoms with van der Waals surface area (Å²) in [6, 6.07) is 0. The number of rotatable bonds is 5. The minimum atomic E-state index is 0.332. The van der Waals surface area contributed by atoms with E-state index < -0.39 is 0 Å². The van der Waals surface area contributed by atoms with E-state index in [2.05, 4.69) is 48.3 Å². The predicted octanol–water partition coefficient (Wildman–Crippen LogP) is 2.70. The summed E-state index contributed by atoms with van der Waals surface area (Å²) < 4.78 is 0. The maximum absolute atomic E-state index is 4.71. The first-order valence-electron chi connectivity index (χ1n) is 8.00. The van der Waals surface area contributed by atoms with Crippen LogP contribution in [-0.2, 0) is 0 Å². The molecule has 0 spiro atoms. The third-order valence-corrected chi connectivity index (χ3v) is 4.20. The van der Waals surface area contributed by atoms with Crippen molar-refractivity contribution in [1.29, 1.82) is 0 Å². The lowest BCUT2D eigenvalue weighted by Gasteiger charge is -2.30. The fourth-order valence-corrected chi connectivity index (χ4v) is 2.89. The molecule has 1 aromatic rings. The van der Waals surface area contributed by atoms with Gasteiger partial charge in [0.1, 0.15) is 17.5 Å². The molecule has 1 saturated heterocycles. The lowest BCUT2D eigenvalue weighted by molar-refractivity contribution is 0.217. The number of anilines is 2. The average Bonchev–Trinajstić information content (AvgIpc) is 2.46.